The van der Waals surface area contributed by atoms with Crippen LogP contribution >= 0.6 is 7.82 Å². The summed E-state index contributed by atoms with van der Waals surface area (Å²) in [5, 5.41) is 9.81. The second kappa shape index (κ2) is 57.6. The smallest absolute Gasteiger partial charge is 0.462 e. The minimum Gasteiger partial charge on any atom is -0.462 e. The molecular weight excluding hydrogens is 976 g/mol. The minimum absolute atomic E-state index is 0.145. The van der Waals surface area contributed by atoms with Crippen LogP contribution in [-0.4, -0.2) is 66.5 Å². The van der Waals surface area contributed by atoms with Crippen molar-refractivity contribution in [2.24, 2.45) is 0 Å². The number of allylic oxidation sites excluding steroid dienone is 16. The van der Waals surface area contributed by atoms with Crippen LogP contribution in [-0.2, 0) is 42.2 Å². The lowest BCUT2D eigenvalue weighted by molar-refractivity contribution is -0.161. The van der Waals surface area contributed by atoms with Crippen LogP contribution in [0.3, 0.4) is 0 Å². The average Bonchev–Trinajstić information content (AvgIpc) is 3.41. The first-order valence-electron chi connectivity index (χ1n) is 30.1. The molecule has 12 heteroatoms. The van der Waals surface area contributed by atoms with Crippen molar-refractivity contribution in [2.45, 2.75) is 264 Å². The Kier molecular flexibility index (Phi) is 54.8. The number of aliphatic hydroxyl groups is 1. The van der Waals surface area contributed by atoms with E-state index in [0.717, 1.165) is 148 Å². The highest BCUT2D eigenvalue weighted by molar-refractivity contribution is 7.47. The third-order valence-corrected chi connectivity index (χ3v) is 13.5. The number of esters is 3. The lowest BCUT2D eigenvalue weighted by atomic mass is 10.1. The van der Waals surface area contributed by atoms with E-state index in [2.05, 4.69) is 118 Å². The molecule has 0 saturated carbocycles. The molecular formula is C64H109O11P. The van der Waals surface area contributed by atoms with Crippen molar-refractivity contribution < 1.29 is 52.2 Å². The van der Waals surface area contributed by atoms with Crippen LogP contribution in [0.2, 0.25) is 0 Å². The van der Waals surface area contributed by atoms with Gasteiger partial charge in [-0.2, -0.15) is 0 Å². The predicted octanol–water partition coefficient (Wildman–Crippen LogP) is 18.0. The van der Waals surface area contributed by atoms with Crippen LogP contribution in [0.4, 0.5) is 0 Å². The van der Waals surface area contributed by atoms with Crippen molar-refractivity contribution in [2.75, 3.05) is 26.4 Å². The Bertz CT molecular complexity index is 1640. The Balaban J connectivity index is 4.77. The fourth-order valence-electron chi connectivity index (χ4n) is 7.99. The Morgan fingerprint density at radius 2 is 0.684 bits per heavy atom. The monoisotopic (exact) mass is 1080 g/mol. The van der Waals surface area contributed by atoms with Gasteiger partial charge >= 0.3 is 25.7 Å². The van der Waals surface area contributed by atoms with Gasteiger partial charge in [0.2, 0.25) is 0 Å². The number of phosphoric ester groups is 1. The Hall–Kier alpha value is -3.60. The molecule has 436 valence electrons. The molecule has 3 unspecified atom stereocenters. The summed E-state index contributed by atoms with van der Waals surface area (Å²) < 4.78 is 39.6. The molecule has 0 aromatic rings. The molecule has 11 nitrogen and oxygen atoms in total. The maximum absolute atomic E-state index is 12.9. The SMILES string of the molecule is CC/C=C\C/C=C\C/C=C\C/C=C\CCCCCCCCC(=O)OCC(COP(=O)(O)OCC(CO)OC(=O)CCCCCCCCCCCCC)OC(=O)CCCCCCCC/C=C\C/C=C\C/C=C\C/C=C\CC. The van der Waals surface area contributed by atoms with Crippen molar-refractivity contribution in [3.05, 3.63) is 97.2 Å². The average molecular weight is 1090 g/mol. The second-order valence-corrected chi connectivity index (χ2v) is 21.2. The zero-order chi connectivity index (χ0) is 55.5. The number of hydrogen-bond acceptors (Lipinski definition) is 10. The van der Waals surface area contributed by atoms with E-state index in [1.54, 1.807) is 0 Å². The molecule has 0 amide bonds. The molecule has 0 heterocycles. The fourth-order valence-corrected chi connectivity index (χ4v) is 8.77. The first-order chi connectivity index (χ1) is 37.2. The van der Waals surface area contributed by atoms with Crippen LogP contribution in [0.1, 0.15) is 252 Å². The van der Waals surface area contributed by atoms with Gasteiger partial charge in [0.15, 0.2) is 6.10 Å². The fraction of sp³-hybridized carbons (Fsp3) is 0.703. The lowest BCUT2D eigenvalue weighted by Gasteiger charge is -2.21. The molecule has 0 aliphatic carbocycles. The van der Waals surface area contributed by atoms with Gasteiger partial charge in [0.1, 0.15) is 12.7 Å². The van der Waals surface area contributed by atoms with E-state index < -0.39 is 57.8 Å². The summed E-state index contributed by atoms with van der Waals surface area (Å²) in [6.07, 6.45) is 67.9. The van der Waals surface area contributed by atoms with E-state index in [4.69, 9.17) is 23.3 Å². The molecule has 0 spiro atoms. The van der Waals surface area contributed by atoms with Gasteiger partial charge in [-0.05, 0) is 96.3 Å². The number of carbonyl (C=O) groups is 3. The molecule has 3 atom stereocenters. The van der Waals surface area contributed by atoms with E-state index in [9.17, 15) is 28.9 Å². The first kappa shape index (κ1) is 72.4. The standard InChI is InChI=1S/C64H109O11P/c1-4-7-10-13-16-19-22-24-26-28-30-32-34-36-39-41-44-47-50-53-62(66)71-57-61(75-64(68)55-52-49-46-43-40-37-35-33-31-29-27-25-23-20-17-14-11-8-5-2)59-73-76(69,70)72-58-60(56-65)74-63(67)54-51-48-45-42-38-21-18-15-12-9-6-3/h7-8,10-11,16-17,19-20,24-27,30-33,60-61,65H,4-6,9,12-15,18,21-23,28-29,34-59H2,1-3H3,(H,69,70)/b10-7-,11-8-,19-16-,20-17-,26-24-,27-25-,32-30-,33-31-. The van der Waals surface area contributed by atoms with Gasteiger partial charge in [-0.3, -0.25) is 23.4 Å². The third-order valence-electron chi connectivity index (χ3n) is 12.5. The number of phosphoric acid groups is 1. The predicted molar refractivity (Wildman–Crippen MR) is 316 cm³/mol. The number of unbranched alkanes of at least 4 members (excludes halogenated alkanes) is 22. The lowest BCUT2D eigenvalue weighted by Crippen LogP contribution is -2.30. The molecule has 0 aliphatic rings. The van der Waals surface area contributed by atoms with Gasteiger partial charge in [-0.25, -0.2) is 4.57 Å². The highest BCUT2D eigenvalue weighted by atomic mass is 31.2. The topological polar surface area (TPSA) is 155 Å². The maximum atomic E-state index is 12.9. The van der Waals surface area contributed by atoms with Crippen molar-refractivity contribution >= 4 is 25.7 Å². The zero-order valence-electron chi connectivity index (χ0n) is 48.2. The van der Waals surface area contributed by atoms with Crippen LogP contribution in [0.15, 0.2) is 97.2 Å². The zero-order valence-corrected chi connectivity index (χ0v) is 49.1. The number of ether oxygens (including phenoxy) is 3. The molecule has 0 aliphatic heterocycles. The van der Waals surface area contributed by atoms with Gasteiger partial charge in [0.05, 0.1) is 19.8 Å². The number of rotatable bonds is 55. The third kappa shape index (κ3) is 55.2. The molecule has 0 aromatic carbocycles. The van der Waals surface area contributed by atoms with Crippen LogP contribution < -0.4 is 0 Å². The molecule has 0 bridgehead atoms. The molecule has 0 radical (unpaired) electrons. The molecule has 0 aromatic heterocycles. The van der Waals surface area contributed by atoms with Crippen LogP contribution in [0.25, 0.3) is 0 Å². The van der Waals surface area contributed by atoms with Crippen molar-refractivity contribution in [3.63, 3.8) is 0 Å². The van der Waals surface area contributed by atoms with E-state index in [0.29, 0.717) is 19.3 Å². The molecule has 76 heavy (non-hydrogen) atoms. The number of carbonyl (C=O) groups excluding carboxylic acids is 3. The number of aliphatic hydroxyl groups excluding tert-OH is 1. The van der Waals surface area contributed by atoms with E-state index in [1.165, 1.54) is 44.9 Å². The first-order valence-corrected chi connectivity index (χ1v) is 31.6. The van der Waals surface area contributed by atoms with Gasteiger partial charge in [0.25, 0.3) is 0 Å². The summed E-state index contributed by atoms with van der Waals surface area (Å²) >= 11 is 0. The number of hydrogen-bond donors (Lipinski definition) is 2. The Morgan fingerprint density at radius 3 is 1.05 bits per heavy atom. The normalized spacial score (nSPS) is 14.0. The van der Waals surface area contributed by atoms with Crippen molar-refractivity contribution in [3.8, 4) is 0 Å². The highest BCUT2D eigenvalue weighted by Crippen LogP contribution is 2.43. The van der Waals surface area contributed by atoms with Gasteiger partial charge in [0, 0.05) is 19.3 Å². The molecule has 2 N–H and O–H groups in total. The summed E-state index contributed by atoms with van der Waals surface area (Å²) in [5.74, 6) is -1.50. The second-order valence-electron chi connectivity index (χ2n) is 19.8. The van der Waals surface area contributed by atoms with E-state index in [-0.39, 0.29) is 25.9 Å². The maximum Gasteiger partial charge on any atom is 0.472 e. The summed E-state index contributed by atoms with van der Waals surface area (Å²) in [7, 11) is -4.76. The molecule has 0 saturated heterocycles. The quantitative estimate of drug-likeness (QED) is 0.0197. The summed E-state index contributed by atoms with van der Waals surface area (Å²) in [6, 6.07) is 0. The largest absolute Gasteiger partial charge is 0.472 e. The molecule has 0 rings (SSSR count). The highest BCUT2D eigenvalue weighted by Gasteiger charge is 2.28. The van der Waals surface area contributed by atoms with E-state index in [1.807, 2.05) is 0 Å². The minimum atomic E-state index is -4.76. The van der Waals surface area contributed by atoms with Gasteiger partial charge in [-0.1, -0.05) is 234 Å². The molecule has 0 fully saturated rings. The van der Waals surface area contributed by atoms with E-state index >= 15 is 0 Å². The Morgan fingerprint density at radius 1 is 0.382 bits per heavy atom. The van der Waals surface area contributed by atoms with Crippen molar-refractivity contribution in [1.29, 1.82) is 0 Å². The van der Waals surface area contributed by atoms with Crippen LogP contribution in [0, 0.1) is 0 Å². The van der Waals surface area contributed by atoms with Crippen LogP contribution in [0.5, 0.6) is 0 Å². The Labute approximate surface area is 463 Å². The van der Waals surface area contributed by atoms with Crippen molar-refractivity contribution in [1.82, 2.24) is 0 Å². The van der Waals surface area contributed by atoms with Gasteiger partial charge in [-0.15, -0.1) is 0 Å². The summed E-state index contributed by atoms with van der Waals surface area (Å²) in [4.78, 5) is 48.6. The summed E-state index contributed by atoms with van der Waals surface area (Å²) in [6.45, 7) is 4.39. The van der Waals surface area contributed by atoms with Gasteiger partial charge < -0.3 is 24.2 Å². The summed E-state index contributed by atoms with van der Waals surface area (Å²) in [5.41, 5.74) is 0.